The van der Waals surface area contributed by atoms with E-state index in [0.717, 1.165) is 23.0 Å². The Morgan fingerprint density at radius 3 is 2.85 bits per heavy atom. The molecule has 0 aliphatic rings. The maximum atomic E-state index is 8.66. The molecule has 0 fully saturated rings. The summed E-state index contributed by atoms with van der Waals surface area (Å²) in [5.74, 6) is 1.50. The number of rotatable bonds is 4. The molecule has 0 aromatic carbocycles. The predicted octanol–water partition coefficient (Wildman–Crippen LogP) is 1.43. The van der Waals surface area contributed by atoms with Crippen LogP contribution in [0.5, 0.6) is 0 Å². The molecule has 0 radical (unpaired) electrons. The Hall–Kier alpha value is -0.610. The highest BCUT2D eigenvalue weighted by Gasteiger charge is 2.00. The number of aromatic nitrogens is 2. The first-order chi connectivity index (χ1) is 6.26. The van der Waals surface area contributed by atoms with Crippen LogP contribution in [0.3, 0.4) is 0 Å². The molecule has 0 atom stereocenters. The van der Waals surface area contributed by atoms with Gasteiger partial charge in [-0.3, -0.25) is 0 Å². The second-order valence-corrected chi connectivity index (χ2v) is 3.79. The van der Waals surface area contributed by atoms with Crippen LogP contribution in [0.4, 0.5) is 0 Å². The van der Waals surface area contributed by atoms with Gasteiger partial charge >= 0.3 is 0 Å². The number of aliphatic hydroxyl groups excluding tert-OH is 1. The first-order valence-corrected chi connectivity index (χ1v) is 5.33. The fourth-order valence-corrected chi connectivity index (χ4v) is 1.72. The lowest BCUT2D eigenvalue weighted by Crippen LogP contribution is -1.96. The van der Waals surface area contributed by atoms with Crippen molar-refractivity contribution in [3.8, 4) is 0 Å². The molecule has 0 saturated carbocycles. The monoisotopic (exact) mass is 198 g/mol. The number of aryl methyl sites for hydroxylation is 2. The molecular weight excluding hydrogens is 184 g/mol. The molecule has 4 heteroatoms. The number of nitrogens with zero attached hydrogens (tertiary/aromatic N) is 2. The van der Waals surface area contributed by atoms with Gasteiger partial charge in [0, 0.05) is 11.4 Å². The number of aliphatic hydroxyl groups is 1. The summed E-state index contributed by atoms with van der Waals surface area (Å²) in [5.41, 5.74) is 1.06. The van der Waals surface area contributed by atoms with Crippen LogP contribution in [-0.4, -0.2) is 27.4 Å². The molecule has 1 aromatic rings. The molecule has 1 heterocycles. The summed E-state index contributed by atoms with van der Waals surface area (Å²) in [6, 6.07) is 1.98. The highest BCUT2D eigenvalue weighted by Crippen LogP contribution is 2.15. The minimum absolute atomic E-state index is 0.190. The van der Waals surface area contributed by atoms with Crippen molar-refractivity contribution in [3.05, 3.63) is 17.6 Å². The second kappa shape index (κ2) is 5.19. The van der Waals surface area contributed by atoms with Gasteiger partial charge < -0.3 is 5.11 Å². The van der Waals surface area contributed by atoms with Crippen LogP contribution in [-0.2, 0) is 6.42 Å². The maximum Gasteiger partial charge on any atom is 0.126 e. The third-order valence-corrected chi connectivity index (χ3v) is 2.46. The SMILES string of the molecule is CCc1cc(SCCO)nc(C)n1. The summed E-state index contributed by atoms with van der Waals surface area (Å²) in [4.78, 5) is 8.53. The van der Waals surface area contributed by atoms with Crippen LogP contribution in [0.2, 0.25) is 0 Å². The lowest BCUT2D eigenvalue weighted by molar-refractivity contribution is 0.322. The summed E-state index contributed by atoms with van der Waals surface area (Å²) in [6.45, 7) is 4.15. The first-order valence-electron chi connectivity index (χ1n) is 4.34. The van der Waals surface area contributed by atoms with Crippen molar-refractivity contribution < 1.29 is 5.11 Å². The van der Waals surface area contributed by atoms with E-state index in [2.05, 4.69) is 16.9 Å². The van der Waals surface area contributed by atoms with Crippen LogP contribution in [0.25, 0.3) is 0 Å². The van der Waals surface area contributed by atoms with Gasteiger partial charge in [-0.2, -0.15) is 0 Å². The van der Waals surface area contributed by atoms with Gasteiger partial charge in [0.1, 0.15) is 10.9 Å². The summed E-state index contributed by atoms with van der Waals surface area (Å²) in [5, 5.41) is 9.62. The number of hydrogen-bond donors (Lipinski definition) is 1. The molecule has 1 aromatic heterocycles. The fraction of sp³-hybridized carbons (Fsp3) is 0.556. The molecule has 0 bridgehead atoms. The van der Waals surface area contributed by atoms with Gasteiger partial charge in [-0.1, -0.05) is 6.92 Å². The summed E-state index contributed by atoms with van der Waals surface area (Å²) >= 11 is 1.56. The highest BCUT2D eigenvalue weighted by molar-refractivity contribution is 7.99. The molecule has 0 aliphatic carbocycles. The van der Waals surface area contributed by atoms with Crippen molar-refractivity contribution in [2.75, 3.05) is 12.4 Å². The normalized spacial score (nSPS) is 10.4. The van der Waals surface area contributed by atoms with Crippen molar-refractivity contribution in [1.29, 1.82) is 0 Å². The molecule has 0 amide bonds. The Morgan fingerprint density at radius 2 is 2.23 bits per heavy atom. The van der Waals surface area contributed by atoms with Crippen LogP contribution in [0.1, 0.15) is 18.4 Å². The smallest absolute Gasteiger partial charge is 0.126 e. The Balaban J connectivity index is 2.76. The zero-order chi connectivity index (χ0) is 9.68. The van der Waals surface area contributed by atoms with E-state index in [-0.39, 0.29) is 6.61 Å². The fourth-order valence-electron chi connectivity index (χ4n) is 1.00. The van der Waals surface area contributed by atoms with Gasteiger partial charge in [0.2, 0.25) is 0 Å². The van der Waals surface area contributed by atoms with E-state index in [1.54, 1.807) is 11.8 Å². The van der Waals surface area contributed by atoms with Crippen molar-refractivity contribution in [3.63, 3.8) is 0 Å². The largest absolute Gasteiger partial charge is 0.396 e. The molecule has 0 unspecified atom stereocenters. The summed E-state index contributed by atoms with van der Waals surface area (Å²) < 4.78 is 0. The summed E-state index contributed by atoms with van der Waals surface area (Å²) in [6.07, 6.45) is 0.927. The van der Waals surface area contributed by atoms with Gasteiger partial charge in [0.05, 0.1) is 6.61 Å². The van der Waals surface area contributed by atoms with Gasteiger partial charge in [-0.05, 0) is 19.4 Å². The third kappa shape index (κ3) is 3.32. The Kier molecular flexibility index (Phi) is 4.18. The summed E-state index contributed by atoms with van der Waals surface area (Å²) in [7, 11) is 0. The van der Waals surface area contributed by atoms with Gasteiger partial charge in [0.15, 0.2) is 0 Å². The van der Waals surface area contributed by atoms with Crippen LogP contribution < -0.4 is 0 Å². The van der Waals surface area contributed by atoms with E-state index in [1.807, 2.05) is 13.0 Å². The van der Waals surface area contributed by atoms with E-state index in [0.29, 0.717) is 5.75 Å². The van der Waals surface area contributed by atoms with Crippen LogP contribution >= 0.6 is 11.8 Å². The molecule has 13 heavy (non-hydrogen) atoms. The van der Waals surface area contributed by atoms with E-state index in [1.165, 1.54) is 0 Å². The van der Waals surface area contributed by atoms with Crippen molar-refractivity contribution in [2.45, 2.75) is 25.3 Å². The van der Waals surface area contributed by atoms with E-state index < -0.39 is 0 Å². The first kappa shape index (κ1) is 10.5. The zero-order valence-electron chi connectivity index (χ0n) is 7.95. The lowest BCUT2D eigenvalue weighted by atomic mass is 10.3. The van der Waals surface area contributed by atoms with Crippen LogP contribution in [0, 0.1) is 6.92 Å². The molecule has 72 valence electrons. The molecule has 3 nitrogen and oxygen atoms in total. The molecule has 1 N–H and O–H groups in total. The Labute approximate surface area is 82.6 Å². The Bertz CT molecular complexity index is 278. The number of hydrogen-bond acceptors (Lipinski definition) is 4. The average Bonchev–Trinajstić information content (AvgIpc) is 2.14. The number of thioether (sulfide) groups is 1. The van der Waals surface area contributed by atoms with E-state index >= 15 is 0 Å². The molecule has 1 rings (SSSR count). The topological polar surface area (TPSA) is 46.0 Å². The van der Waals surface area contributed by atoms with Gasteiger partial charge in [-0.25, -0.2) is 9.97 Å². The van der Waals surface area contributed by atoms with Crippen molar-refractivity contribution >= 4 is 11.8 Å². The molecule has 0 saturated heterocycles. The highest BCUT2D eigenvalue weighted by atomic mass is 32.2. The van der Waals surface area contributed by atoms with Crippen molar-refractivity contribution in [2.24, 2.45) is 0 Å². The zero-order valence-corrected chi connectivity index (χ0v) is 8.77. The van der Waals surface area contributed by atoms with Crippen molar-refractivity contribution in [1.82, 2.24) is 9.97 Å². The quantitative estimate of drug-likeness (QED) is 0.587. The minimum atomic E-state index is 0.190. The third-order valence-electron chi connectivity index (χ3n) is 1.57. The predicted molar refractivity (Wildman–Crippen MR) is 54.0 cm³/mol. The minimum Gasteiger partial charge on any atom is -0.396 e. The maximum absolute atomic E-state index is 8.66. The van der Waals surface area contributed by atoms with E-state index in [4.69, 9.17) is 5.11 Å². The molecular formula is C9H14N2OS. The van der Waals surface area contributed by atoms with E-state index in [9.17, 15) is 0 Å². The molecule has 0 aliphatic heterocycles. The standard InChI is InChI=1S/C9H14N2OS/c1-3-8-6-9(13-5-4-12)11-7(2)10-8/h6,12H,3-5H2,1-2H3. The second-order valence-electron chi connectivity index (χ2n) is 2.67. The van der Waals surface area contributed by atoms with Crippen LogP contribution in [0.15, 0.2) is 11.1 Å². The van der Waals surface area contributed by atoms with Gasteiger partial charge in [-0.15, -0.1) is 11.8 Å². The lowest BCUT2D eigenvalue weighted by Gasteiger charge is -2.02. The average molecular weight is 198 g/mol. The van der Waals surface area contributed by atoms with Gasteiger partial charge in [0.25, 0.3) is 0 Å². The Morgan fingerprint density at radius 1 is 1.46 bits per heavy atom. The molecule has 0 spiro atoms.